The van der Waals surface area contributed by atoms with Crippen molar-refractivity contribution in [3.8, 4) is 0 Å². The molecule has 3 N–H and O–H groups in total. The molecule has 1 aliphatic heterocycles. The molecule has 0 unspecified atom stereocenters. The first-order chi connectivity index (χ1) is 6.58. The van der Waals surface area contributed by atoms with Crippen molar-refractivity contribution in [3.63, 3.8) is 0 Å². The maximum Gasteiger partial charge on any atom is 0.189 e. The third kappa shape index (κ3) is 4.09. The molecular weight excluding hydrogens is 198 g/mol. The van der Waals surface area contributed by atoms with E-state index in [4.69, 9.17) is 5.73 Å². The number of nitrogens with zero attached hydrogens (tertiary/aromatic N) is 1. The molecule has 0 aromatic carbocycles. The van der Waals surface area contributed by atoms with Gasteiger partial charge in [0.25, 0.3) is 0 Å². The Hall–Kier alpha value is -0.580. The second kappa shape index (κ2) is 5.34. The molecule has 0 aliphatic carbocycles. The van der Waals surface area contributed by atoms with Gasteiger partial charge in [-0.15, -0.1) is 0 Å². The molecule has 5 heteroatoms. The van der Waals surface area contributed by atoms with Crippen LogP contribution in [-0.2, 0) is 10.8 Å². The van der Waals surface area contributed by atoms with E-state index in [1.807, 2.05) is 13.8 Å². The molecular formula is C9H19N3OS. The van der Waals surface area contributed by atoms with Crippen LogP contribution >= 0.6 is 0 Å². The van der Waals surface area contributed by atoms with E-state index in [0.717, 1.165) is 24.3 Å². The molecule has 0 spiro atoms. The van der Waals surface area contributed by atoms with Gasteiger partial charge in [0.05, 0.1) is 6.04 Å². The zero-order valence-corrected chi connectivity index (χ0v) is 9.64. The van der Waals surface area contributed by atoms with Crippen molar-refractivity contribution < 1.29 is 4.21 Å². The Bertz CT molecular complexity index is 230. The molecule has 1 rings (SSSR count). The summed E-state index contributed by atoms with van der Waals surface area (Å²) >= 11 is 0. The summed E-state index contributed by atoms with van der Waals surface area (Å²) in [6.45, 7) is 4.05. The topological polar surface area (TPSA) is 67.5 Å². The Morgan fingerprint density at radius 2 is 2.07 bits per heavy atom. The van der Waals surface area contributed by atoms with Gasteiger partial charge in [0, 0.05) is 28.3 Å². The zero-order valence-electron chi connectivity index (χ0n) is 8.82. The summed E-state index contributed by atoms with van der Waals surface area (Å²) in [6, 6.07) is 0.579. The van der Waals surface area contributed by atoms with E-state index in [9.17, 15) is 4.21 Å². The summed E-state index contributed by atoms with van der Waals surface area (Å²) < 4.78 is 11.1. The first kappa shape index (κ1) is 11.5. The van der Waals surface area contributed by atoms with Crippen molar-refractivity contribution >= 4 is 16.8 Å². The van der Waals surface area contributed by atoms with Crippen molar-refractivity contribution in [3.05, 3.63) is 0 Å². The average molecular weight is 217 g/mol. The number of nitrogens with two attached hydrogens (primary N) is 1. The first-order valence-corrected chi connectivity index (χ1v) is 6.51. The molecule has 0 saturated carbocycles. The molecule has 4 nitrogen and oxygen atoms in total. The number of guanidine groups is 1. The van der Waals surface area contributed by atoms with Crippen molar-refractivity contribution in [2.75, 3.05) is 11.5 Å². The van der Waals surface area contributed by atoms with Crippen LogP contribution < -0.4 is 11.1 Å². The van der Waals surface area contributed by atoms with E-state index in [-0.39, 0.29) is 6.04 Å². The molecule has 0 aromatic heterocycles. The van der Waals surface area contributed by atoms with Crippen LogP contribution in [-0.4, -0.2) is 33.8 Å². The second-order valence-electron chi connectivity index (χ2n) is 3.89. The van der Waals surface area contributed by atoms with Crippen LogP contribution in [0.4, 0.5) is 0 Å². The van der Waals surface area contributed by atoms with E-state index in [2.05, 4.69) is 10.3 Å². The highest BCUT2D eigenvalue weighted by atomic mass is 32.2. The highest BCUT2D eigenvalue weighted by molar-refractivity contribution is 7.85. The normalized spacial score (nSPS) is 29.2. The van der Waals surface area contributed by atoms with Gasteiger partial charge in [-0.1, -0.05) is 0 Å². The molecule has 1 aliphatic rings. The molecule has 1 fully saturated rings. The predicted molar refractivity (Wildman–Crippen MR) is 60.8 cm³/mol. The minimum Gasteiger partial charge on any atom is -0.370 e. The summed E-state index contributed by atoms with van der Waals surface area (Å²) in [5.41, 5.74) is 5.70. The van der Waals surface area contributed by atoms with E-state index in [1.54, 1.807) is 0 Å². The van der Waals surface area contributed by atoms with Gasteiger partial charge in [0.1, 0.15) is 0 Å². The minimum absolute atomic E-state index is 0.263. The molecule has 0 aromatic rings. The van der Waals surface area contributed by atoms with E-state index in [1.165, 1.54) is 0 Å². The monoisotopic (exact) mass is 217 g/mol. The largest absolute Gasteiger partial charge is 0.370 e. The van der Waals surface area contributed by atoms with Gasteiger partial charge in [-0.2, -0.15) is 0 Å². The number of aliphatic imine (C=N–C) groups is 1. The summed E-state index contributed by atoms with van der Waals surface area (Å²) in [5, 5.41) is 3.05. The van der Waals surface area contributed by atoms with Gasteiger partial charge in [-0.05, 0) is 26.7 Å². The van der Waals surface area contributed by atoms with Crippen LogP contribution in [0.25, 0.3) is 0 Å². The Labute approximate surface area is 87.8 Å². The van der Waals surface area contributed by atoms with E-state index < -0.39 is 10.8 Å². The standard InChI is InChI=1S/C9H19N3OS/c1-7(2)11-9(10)12-8-3-5-14(13)6-4-8/h7-8H,3-6H2,1-2H3,(H3,10,11,12). The Morgan fingerprint density at radius 1 is 1.50 bits per heavy atom. The molecule has 1 heterocycles. The number of hydrogen-bond acceptors (Lipinski definition) is 2. The SMILES string of the molecule is CC(C)NC(N)=NC1CCS(=O)CC1. The van der Waals surface area contributed by atoms with Crippen LogP contribution in [0.5, 0.6) is 0 Å². The van der Waals surface area contributed by atoms with Gasteiger partial charge < -0.3 is 11.1 Å². The van der Waals surface area contributed by atoms with Crippen LogP contribution in [0.15, 0.2) is 4.99 Å². The Balaban J connectivity index is 2.38. The van der Waals surface area contributed by atoms with Crippen LogP contribution in [0.3, 0.4) is 0 Å². The van der Waals surface area contributed by atoms with Crippen LogP contribution in [0.2, 0.25) is 0 Å². The Morgan fingerprint density at radius 3 is 2.57 bits per heavy atom. The van der Waals surface area contributed by atoms with Crippen molar-refractivity contribution in [1.82, 2.24) is 5.32 Å². The molecule has 0 atom stereocenters. The highest BCUT2D eigenvalue weighted by Crippen LogP contribution is 2.12. The molecule has 0 radical (unpaired) electrons. The fraction of sp³-hybridized carbons (Fsp3) is 0.889. The fourth-order valence-electron chi connectivity index (χ4n) is 1.44. The lowest BCUT2D eigenvalue weighted by Crippen LogP contribution is -2.38. The molecule has 1 saturated heterocycles. The van der Waals surface area contributed by atoms with Gasteiger partial charge in [-0.3, -0.25) is 9.20 Å². The van der Waals surface area contributed by atoms with Gasteiger partial charge in [0.2, 0.25) is 0 Å². The first-order valence-electron chi connectivity index (χ1n) is 5.02. The lowest BCUT2D eigenvalue weighted by Gasteiger charge is -2.19. The second-order valence-corrected chi connectivity index (χ2v) is 5.59. The fourth-order valence-corrected chi connectivity index (χ4v) is 2.71. The highest BCUT2D eigenvalue weighted by Gasteiger charge is 2.17. The van der Waals surface area contributed by atoms with Crippen molar-refractivity contribution in [2.24, 2.45) is 10.7 Å². The third-order valence-corrected chi connectivity index (χ3v) is 3.50. The van der Waals surface area contributed by atoms with Crippen LogP contribution in [0, 0.1) is 0 Å². The smallest absolute Gasteiger partial charge is 0.189 e. The minimum atomic E-state index is -0.617. The van der Waals surface area contributed by atoms with Crippen LogP contribution in [0.1, 0.15) is 26.7 Å². The summed E-state index contributed by atoms with van der Waals surface area (Å²) in [4.78, 5) is 4.36. The predicted octanol–water partition coefficient (Wildman–Crippen LogP) is 0.210. The number of rotatable bonds is 2. The quantitative estimate of drug-likeness (QED) is 0.513. The number of nitrogens with one attached hydrogen (secondary N) is 1. The maximum absolute atomic E-state index is 11.1. The van der Waals surface area contributed by atoms with E-state index in [0.29, 0.717) is 12.0 Å². The molecule has 0 amide bonds. The molecule has 0 bridgehead atoms. The van der Waals surface area contributed by atoms with Gasteiger partial charge >= 0.3 is 0 Å². The summed E-state index contributed by atoms with van der Waals surface area (Å²) in [6.07, 6.45) is 1.79. The summed E-state index contributed by atoms with van der Waals surface area (Å²) in [7, 11) is -0.617. The lowest BCUT2D eigenvalue weighted by atomic mass is 10.2. The van der Waals surface area contributed by atoms with E-state index >= 15 is 0 Å². The lowest BCUT2D eigenvalue weighted by molar-refractivity contribution is 0.592. The Kier molecular flexibility index (Phi) is 4.38. The van der Waals surface area contributed by atoms with Gasteiger partial charge in [-0.25, -0.2) is 0 Å². The maximum atomic E-state index is 11.1. The molecule has 82 valence electrons. The summed E-state index contributed by atoms with van der Waals surface area (Å²) in [5.74, 6) is 2.05. The van der Waals surface area contributed by atoms with Crippen molar-refractivity contribution in [1.29, 1.82) is 0 Å². The molecule has 14 heavy (non-hydrogen) atoms. The van der Waals surface area contributed by atoms with Crippen molar-refractivity contribution in [2.45, 2.75) is 38.8 Å². The number of hydrogen-bond donors (Lipinski definition) is 2. The average Bonchev–Trinajstić information content (AvgIpc) is 2.07. The zero-order chi connectivity index (χ0) is 10.6. The van der Waals surface area contributed by atoms with Gasteiger partial charge in [0.15, 0.2) is 5.96 Å². The third-order valence-electron chi connectivity index (χ3n) is 2.12.